The van der Waals surface area contributed by atoms with E-state index in [2.05, 4.69) is 17.0 Å². The van der Waals surface area contributed by atoms with Crippen LogP contribution in [-0.2, 0) is 16.6 Å². The Kier molecular flexibility index (Phi) is 5.22. The van der Waals surface area contributed by atoms with Crippen LogP contribution in [0.5, 0.6) is 0 Å². The van der Waals surface area contributed by atoms with Gasteiger partial charge in [-0.25, -0.2) is 0 Å². The van der Waals surface area contributed by atoms with Crippen molar-refractivity contribution in [1.82, 2.24) is 15.1 Å². The first-order valence-electron chi connectivity index (χ1n) is 5.39. The first-order valence-corrected chi connectivity index (χ1v) is 5.39. The van der Waals surface area contributed by atoms with Crippen molar-refractivity contribution in [3.63, 3.8) is 0 Å². The number of amides is 1. The van der Waals surface area contributed by atoms with Crippen molar-refractivity contribution < 1.29 is 9.53 Å². The maximum Gasteiger partial charge on any atom is 0.241 e. The van der Waals surface area contributed by atoms with Crippen LogP contribution in [0, 0.1) is 0 Å². The van der Waals surface area contributed by atoms with E-state index in [0.717, 1.165) is 6.42 Å². The average molecular weight is 238 g/mol. The molecular formula is C11H18N4O2. The van der Waals surface area contributed by atoms with Gasteiger partial charge >= 0.3 is 0 Å². The Morgan fingerprint density at radius 1 is 1.82 bits per heavy atom. The molecule has 0 saturated carbocycles. The van der Waals surface area contributed by atoms with E-state index in [1.54, 1.807) is 24.1 Å². The smallest absolute Gasteiger partial charge is 0.241 e. The molecule has 0 aliphatic rings. The van der Waals surface area contributed by atoms with E-state index >= 15 is 0 Å². The van der Waals surface area contributed by atoms with E-state index in [9.17, 15) is 4.79 Å². The van der Waals surface area contributed by atoms with E-state index in [4.69, 9.17) is 10.5 Å². The minimum atomic E-state index is -0.677. The molecule has 1 rings (SSSR count). The molecule has 3 N–H and O–H groups in total. The largest absolute Gasteiger partial charge is 0.502 e. The highest BCUT2D eigenvalue weighted by atomic mass is 16.5. The first-order chi connectivity index (χ1) is 8.15. The van der Waals surface area contributed by atoms with E-state index in [1.807, 2.05) is 0 Å². The number of hydrogen-bond acceptors (Lipinski definition) is 4. The molecule has 0 saturated heterocycles. The second-order valence-electron chi connectivity index (χ2n) is 3.61. The molecule has 0 bridgehead atoms. The third-order valence-electron chi connectivity index (χ3n) is 2.22. The number of carbonyl (C=O) groups excluding carboxylic acids is 1. The highest BCUT2D eigenvalue weighted by Gasteiger charge is 2.16. The normalized spacial score (nSPS) is 11.9. The van der Waals surface area contributed by atoms with E-state index in [1.165, 1.54) is 6.26 Å². The van der Waals surface area contributed by atoms with Gasteiger partial charge in [0, 0.05) is 25.4 Å². The molecule has 1 aromatic heterocycles. The third-order valence-corrected chi connectivity index (χ3v) is 2.22. The third kappa shape index (κ3) is 4.28. The van der Waals surface area contributed by atoms with Crippen molar-refractivity contribution in [3.05, 3.63) is 30.8 Å². The van der Waals surface area contributed by atoms with Crippen molar-refractivity contribution in [2.24, 2.45) is 12.8 Å². The number of nitrogens with two attached hydrogens (primary N) is 1. The van der Waals surface area contributed by atoms with Crippen LogP contribution in [0.1, 0.15) is 18.0 Å². The maximum absolute atomic E-state index is 11.7. The fourth-order valence-corrected chi connectivity index (χ4v) is 1.31. The summed E-state index contributed by atoms with van der Waals surface area (Å²) in [6.07, 6.45) is 5.41. The zero-order valence-corrected chi connectivity index (χ0v) is 9.93. The lowest BCUT2D eigenvalue weighted by Gasteiger charge is -2.10. The van der Waals surface area contributed by atoms with E-state index in [-0.39, 0.29) is 5.91 Å². The van der Waals surface area contributed by atoms with Crippen molar-refractivity contribution >= 4 is 5.91 Å². The first kappa shape index (κ1) is 13.2. The van der Waals surface area contributed by atoms with Gasteiger partial charge in [0.2, 0.25) is 5.91 Å². The molecule has 0 fully saturated rings. The van der Waals surface area contributed by atoms with Gasteiger partial charge in [-0.1, -0.05) is 6.58 Å². The summed E-state index contributed by atoms with van der Waals surface area (Å²) in [4.78, 5) is 11.7. The summed E-state index contributed by atoms with van der Waals surface area (Å²) < 4.78 is 6.54. The molecule has 0 spiro atoms. The minimum Gasteiger partial charge on any atom is -0.502 e. The minimum absolute atomic E-state index is 0.211. The standard InChI is InChI=1S/C11H18N4O2/c1-3-17-6-4-5-13-11(16)10(12)9-7-14-15(2)8-9/h3,7-8,10H,1,4-6,12H2,2H3,(H,13,16). The van der Waals surface area contributed by atoms with Crippen molar-refractivity contribution in [2.75, 3.05) is 13.2 Å². The molecule has 0 radical (unpaired) electrons. The summed E-state index contributed by atoms with van der Waals surface area (Å²) in [5, 5.41) is 6.70. The van der Waals surface area contributed by atoms with Crippen molar-refractivity contribution in [1.29, 1.82) is 0 Å². The maximum atomic E-state index is 11.7. The number of carbonyl (C=O) groups is 1. The second kappa shape index (κ2) is 6.70. The number of nitrogens with one attached hydrogen (secondary N) is 1. The fourth-order valence-electron chi connectivity index (χ4n) is 1.31. The van der Waals surface area contributed by atoms with Gasteiger partial charge in [-0.3, -0.25) is 9.48 Å². The lowest BCUT2D eigenvalue weighted by molar-refractivity contribution is -0.122. The van der Waals surface area contributed by atoms with Gasteiger partial charge in [-0.2, -0.15) is 5.10 Å². The molecule has 17 heavy (non-hydrogen) atoms. The summed E-state index contributed by atoms with van der Waals surface area (Å²) >= 11 is 0. The second-order valence-corrected chi connectivity index (χ2v) is 3.61. The molecule has 1 aromatic rings. The molecule has 6 nitrogen and oxygen atoms in total. The number of rotatable bonds is 7. The Labute approximate surface area is 100 Å². The fraction of sp³-hybridized carbons (Fsp3) is 0.455. The lowest BCUT2D eigenvalue weighted by atomic mass is 10.1. The van der Waals surface area contributed by atoms with Gasteiger partial charge in [0.05, 0.1) is 19.1 Å². The Bertz CT molecular complexity index is 375. The molecule has 94 valence electrons. The molecule has 1 amide bonds. The molecular weight excluding hydrogens is 220 g/mol. The number of nitrogens with zero attached hydrogens (tertiary/aromatic N) is 2. The predicted molar refractivity (Wildman–Crippen MR) is 63.9 cm³/mol. The van der Waals surface area contributed by atoms with Crippen LogP contribution in [0.4, 0.5) is 0 Å². The zero-order valence-electron chi connectivity index (χ0n) is 9.93. The van der Waals surface area contributed by atoms with Crippen LogP contribution in [0.2, 0.25) is 0 Å². The summed E-state index contributed by atoms with van der Waals surface area (Å²) in [7, 11) is 1.78. The monoisotopic (exact) mass is 238 g/mol. The molecule has 1 unspecified atom stereocenters. The van der Waals surface area contributed by atoms with E-state index in [0.29, 0.717) is 18.7 Å². The number of hydrogen-bond donors (Lipinski definition) is 2. The number of ether oxygens (including phenoxy) is 1. The van der Waals surface area contributed by atoms with Crippen LogP contribution >= 0.6 is 0 Å². The van der Waals surface area contributed by atoms with Gasteiger partial charge in [0.25, 0.3) is 0 Å². The van der Waals surface area contributed by atoms with Gasteiger partial charge in [0.15, 0.2) is 0 Å². The van der Waals surface area contributed by atoms with E-state index < -0.39 is 6.04 Å². The molecule has 0 aliphatic heterocycles. The topological polar surface area (TPSA) is 82.2 Å². The molecule has 0 aromatic carbocycles. The Morgan fingerprint density at radius 3 is 3.18 bits per heavy atom. The van der Waals surface area contributed by atoms with Crippen LogP contribution in [0.3, 0.4) is 0 Å². The van der Waals surface area contributed by atoms with Gasteiger partial charge in [-0.05, 0) is 6.42 Å². The molecule has 6 heteroatoms. The SMILES string of the molecule is C=COCCCNC(=O)C(N)c1cnn(C)c1. The summed E-state index contributed by atoms with van der Waals surface area (Å²) in [5.74, 6) is -0.211. The van der Waals surface area contributed by atoms with Crippen LogP contribution < -0.4 is 11.1 Å². The zero-order chi connectivity index (χ0) is 12.7. The molecule has 0 aliphatic carbocycles. The number of aromatic nitrogens is 2. The highest BCUT2D eigenvalue weighted by molar-refractivity contribution is 5.82. The van der Waals surface area contributed by atoms with Crippen molar-refractivity contribution in [2.45, 2.75) is 12.5 Å². The Balaban J connectivity index is 2.30. The average Bonchev–Trinajstić information content (AvgIpc) is 2.74. The quantitative estimate of drug-likeness (QED) is 0.521. The highest BCUT2D eigenvalue weighted by Crippen LogP contribution is 2.07. The summed E-state index contributed by atoms with van der Waals surface area (Å²) in [6.45, 7) is 4.49. The van der Waals surface area contributed by atoms with Crippen LogP contribution in [0.25, 0.3) is 0 Å². The lowest BCUT2D eigenvalue weighted by Crippen LogP contribution is -2.34. The Hall–Kier alpha value is -1.82. The predicted octanol–water partition coefficient (Wildman–Crippen LogP) is 0.0863. The number of aryl methyl sites for hydroxylation is 1. The van der Waals surface area contributed by atoms with Crippen LogP contribution in [0.15, 0.2) is 25.2 Å². The van der Waals surface area contributed by atoms with Gasteiger partial charge in [-0.15, -0.1) is 0 Å². The molecule has 1 heterocycles. The molecule has 1 atom stereocenters. The summed E-state index contributed by atoms with van der Waals surface area (Å²) in [5.41, 5.74) is 6.48. The Morgan fingerprint density at radius 2 is 2.59 bits per heavy atom. The van der Waals surface area contributed by atoms with Crippen molar-refractivity contribution in [3.8, 4) is 0 Å². The van der Waals surface area contributed by atoms with Crippen LogP contribution in [-0.4, -0.2) is 28.8 Å². The van der Waals surface area contributed by atoms with Gasteiger partial charge in [0.1, 0.15) is 6.04 Å². The van der Waals surface area contributed by atoms with Gasteiger partial charge < -0.3 is 15.8 Å². The summed E-state index contributed by atoms with van der Waals surface area (Å²) in [6, 6.07) is -0.677.